The molecule has 0 aliphatic carbocycles. The van der Waals surface area contributed by atoms with Crippen LogP contribution in [-0.4, -0.2) is 28.0 Å². The number of rotatable bonds is 7. The molecule has 0 aliphatic heterocycles. The van der Waals surface area contributed by atoms with Crippen molar-refractivity contribution in [2.45, 2.75) is 13.0 Å². The van der Waals surface area contributed by atoms with E-state index in [0.717, 1.165) is 27.4 Å². The van der Waals surface area contributed by atoms with Gasteiger partial charge in [0.25, 0.3) is 5.56 Å². The number of benzene rings is 2. The van der Waals surface area contributed by atoms with Gasteiger partial charge < -0.3 is 20.9 Å². The standard InChI is InChI=1S/C19H19BrN4O3S/c1-11(10-25)22-17(21)16-18(26)24-28-19(16)23-13-5-7-14(8-6-13)27-15-4-2-3-12(20)9-15/h2-9,11,23,25H,10H2,1H3,(H2,21,22)(H,24,26). The Morgan fingerprint density at radius 3 is 2.75 bits per heavy atom. The summed E-state index contributed by atoms with van der Waals surface area (Å²) in [5.74, 6) is 1.49. The molecule has 5 N–H and O–H groups in total. The molecule has 0 bridgehead atoms. The number of nitrogens with one attached hydrogen (secondary N) is 2. The van der Waals surface area contributed by atoms with E-state index in [1.54, 1.807) is 6.92 Å². The van der Waals surface area contributed by atoms with E-state index in [1.165, 1.54) is 0 Å². The second kappa shape index (κ2) is 9.05. The quantitative estimate of drug-likeness (QED) is 0.314. The van der Waals surface area contributed by atoms with Gasteiger partial charge in [0.05, 0.1) is 12.6 Å². The van der Waals surface area contributed by atoms with Crippen LogP contribution in [0.1, 0.15) is 12.5 Å². The van der Waals surface area contributed by atoms with E-state index in [2.05, 4.69) is 30.6 Å². The highest BCUT2D eigenvalue weighted by molar-refractivity contribution is 9.10. The third-order valence-corrected chi connectivity index (χ3v) is 5.01. The number of anilines is 2. The molecule has 0 amide bonds. The van der Waals surface area contributed by atoms with Crippen molar-refractivity contribution >= 4 is 44.0 Å². The molecule has 0 fully saturated rings. The molecule has 7 nitrogen and oxygen atoms in total. The predicted octanol–water partition coefficient (Wildman–Crippen LogP) is 3.82. The molecular formula is C19H19BrN4O3S. The zero-order valence-electron chi connectivity index (χ0n) is 15.0. The number of aliphatic imine (C=N–C) groups is 1. The number of H-pyrrole nitrogens is 1. The summed E-state index contributed by atoms with van der Waals surface area (Å²) in [7, 11) is 0. The van der Waals surface area contributed by atoms with Gasteiger partial charge >= 0.3 is 0 Å². The number of ether oxygens (including phenoxy) is 1. The third kappa shape index (κ3) is 5.00. The minimum absolute atomic E-state index is 0.0844. The van der Waals surface area contributed by atoms with Crippen molar-refractivity contribution < 1.29 is 9.84 Å². The predicted molar refractivity (Wildman–Crippen MR) is 116 cm³/mol. The first kappa shape index (κ1) is 20.1. The van der Waals surface area contributed by atoms with Gasteiger partial charge in [-0.3, -0.25) is 14.2 Å². The molecule has 0 saturated carbocycles. The second-order valence-electron chi connectivity index (χ2n) is 5.99. The zero-order valence-corrected chi connectivity index (χ0v) is 17.4. The highest BCUT2D eigenvalue weighted by atomic mass is 79.9. The topological polar surface area (TPSA) is 113 Å². The Kier molecular flexibility index (Phi) is 6.50. The van der Waals surface area contributed by atoms with Crippen molar-refractivity contribution in [2.75, 3.05) is 11.9 Å². The van der Waals surface area contributed by atoms with Gasteiger partial charge in [0.2, 0.25) is 0 Å². The lowest BCUT2D eigenvalue weighted by molar-refractivity contribution is 0.274. The molecule has 1 heterocycles. The fourth-order valence-electron chi connectivity index (χ4n) is 2.37. The molecule has 0 radical (unpaired) electrons. The van der Waals surface area contributed by atoms with Crippen LogP contribution in [0.5, 0.6) is 11.5 Å². The zero-order chi connectivity index (χ0) is 20.1. The molecule has 3 aromatic rings. The number of amidine groups is 1. The number of halogens is 1. The molecule has 3 rings (SSSR count). The minimum Gasteiger partial charge on any atom is -0.457 e. The van der Waals surface area contributed by atoms with E-state index in [1.807, 2.05) is 48.5 Å². The van der Waals surface area contributed by atoms with Crippen molar-refractivity contribution in [3.63, 3.8) is 0 Å². The average molecular weight is 463 g/mol. The van der Waals surface area contributed by atoms with Crippen LogP contribution >= 0.6 is 27.5 Å². The molecule has 1 aromatic heterocycles. The summed E-state index contributed by atoms with van der Waals surface area (Å²) in [5, 5.41) is 12.8. The lowest BCUT2D eigenvalue weighted by Crippen LogP contribution is -2.24. The number of nitrogens with zero attached hydrogens (tertiary/aromatic N) is 1. The van der Waals surface area contributed by atoms with Crippen LogP contribution < -0.4 is 21.3 Å². The Morgan fingerprint density at radius 2 is 2.07 bits per heavy atom. The first-order valence-electron chi connectivity index (χ1n) is 8.42. The SMILES string of the molecule is CC(CO)N=C(N)c1c(Nc2ccc(Oc3cccc(Br)c3)cc2)s[nH]c1=O. The number of hydrogen-bond donors (Lipinski definition) is 4. The van der Waals surface area contributed by atoms with Crippen molar-refractivity contribution in [2.24, 2.45) is 10.7 Å². The highest BCUT2D eigenvalue weighted by Crippen LogP contribution is 2.27. The Balaban J connectivity index is 1.76. The molecule has 0 saturated heterocycles. The van der Waals surface area contributed by atoms with E-state index < -0.39 is 0 Å². The number of aromatic amines is 1. The third-order valence-electron chi connectivity index (χ3n) is 3.72. The van der Waals surface area contributed by atoms with Crippen LogP contribution in [0.25, 0.3) is 0 Å². The van der Waals surface area contributed by atoms with Gasteiger partial charge in [0, 0.05) is 10.2 Å². The average Bonchev–Trinajstić information content (AvgIpc) is 3.03. The number of aromatic nitrogens is 1. The monoisotopic (exact) mass is 462 g/mol. The lowest BCUT2D eigenvalue weighted by atomic mass is 10.2. The van der Waals surface area contributed by atoms with E-state index in [4.69, 9.17) is 15.6 Å². The molecule has 28 heavy (non-hydrogen) atoms. The molecule has 146 valence electrons. The van der Waals surface area contributed by atoms with Crippen LogP contribution in [0.15, 0.2) is 62.8 Å². The molecule has 1 unspecified atom stereocenters. The second-order valence-corrected chi connectivity index (χ2v) is 7.72. The van der Waals surface area contributed by atoms with Crippen LogP contribution in [0, 0.1) is 0 Å². The van der Waals surface area contributed by atoms with Gasteiger partial charge in [-0.25, -0.2) is 0 Å². The van der Waals surface area contributed by atoms with Crippen LogP contribution in [-0.2, 0) is 0 Å². The summed E-state index contributed by atoms with van der Waals surface area (Å²) in [6.45, 7) is 1.56. The van der Waals surface area contributed by atoms with E-state index >= 15 is 0 Å². The number of aliphatic hydroxyl groups excluding tert-OH is 1. The number of aliphatic hydroxyl groups is 1. The Morgan fingerprint density at radius 1 is 1.32 bits per heavy atom. The Labute approximate surface area is 174 Å². The molecule has 9 heteroatoms. The number of nitrogens with two attached hydrogens (primary N) is 1. The normalized spacial score (nSPS) is 12.6. The molecule has 0 aliphatic rings. The summed E-state index contributed by atoms with van der Waals surface area (Å²) in [6.07, 6.45) is 0. The summed E-state index contributed by atoms with van der Waals surface area (Å²) in [6, 6.07) is 14.5. The van der Waals surface area contributed by atoms with Crippen molar-refractivity contribution in [3.8, 4) is 11.5 Å². The van der Waals surface area contributed by atoms with Gasteiger partial charge in [-0.05, 0) is 60.9 Å². The van der Waals surface area contributed by atoms with Crippen molar-refractivity contribution in [1.82, 2.24) is 4.37 Å². The first-order valence-corrected chi connectivity index (χ1v) is 10.0. The smallest absolute Gasteiger partial charge is 0.271 e. The van der Waals surface area contributed by atoms with Crippen LogP contribution in [0.4, 0.5) is 10.7 Å². The minimum atomic E-state index is -0.387. The van der Waals surface area contributed by atoms with Crippen LogP contribution in [0.2, 0.25) is 0 Å². The van der Waals surface area contributed by atoms with Gasteiger partial charge in [-0.15, -0.1) is 0 Å². The molecule has 1 atom stereocenters. The maximum absolute atomic E-state index is 12.1. The highest BCUT2D eigenvalue weighted by Gasteiger charge is 2.15. The maximum atomic E-state index is 12.1. The van der Waals surface area contributed by atoms with E-state index in [-0.39, 0.29) is 29.6 Å². The molecular weight excluding hydrogens is 444 g/mol. The van der Waals surface area contributed by atoms with Crippen molar-refractivity contribution in [3.05, 3.63) is 68.9 Å². The van der Waals surface area contributed by atoms with Gasteiger partial charge in [0.1, 0.15) is 27.9 Å². The van der Waals surface area contributed by atoms with Crippen LogP contribution in [0.3, 0.4) is 0 Å². The molecule has 2 aromatic carbocycles. The Bertz CT molecular complexity index is 1030. The van der Waals surface area contributed by atoms with Gasteiger partial charge in [0.15, 0.2) is 0 Å². The fourth-order valence-corrected chi connectivity index (χ4v) is 3.51. The van der Waals surface area contributed by atoms with Crippen molar-refractivity contribution in [1.29, 1.82) is 0 Å². The summed E-state index contributed by atoms with van der Waals surface area (Å²) >= 11 is 4.55. The maximum Gasteiger partial charge on any atom is 0.271 e. The lowest BCUT2D eigenvalue weighted by Gasteiger charge is -2.09. The fraction of sp³-hybridized carbons (Fsp3) is 0.158. The summed E-state index contributed by atoms with van der Waals surface area (Å²) < 4.78 is 9.40. The van der Waals surface area contributed by atoms with E-state index in [9.17, 15) is 4.79 Å². The Hall–Kier alpha value is -2.62. The first-order chi connectivity index (χ1) is 13.5. The number of hydrogen-bond acceptors (Lipinski definition) is 6. The largest absolute Gasteiger partial charge is 0.457 e. The van der Waals surface area contributed by atoms with E-state index in [0.29, 0.717) is 10.8 Å². The summed E-state index contributed by atoms with van der Waals surface area (Å²) in [4.78, 5) is 16.2. The van der Waals surface area contributed by atoms with Gasteiger partial charge in [-0.1, -0.05) is 22.0 Å². The molecule has 0 spiro atoms. The van der Waals surface area contributed by atoms with Gasteiger partial charge in [-0.2, -0.15) is 0 Å². The summed E-state index contributed by atoms with van der Waals surface area (Å²) in [5.41, 5.74) is 6.66.